The average molecular weight is 519 g/mol. The van der Waals surface area contributed by atoms with Gasteiger partial charge in [0.25, 0.3) is 0 Å². The van der Waals surface area contributed by atoms with Crippen LogP contribution in [0.2, 0.25) is 5.02 Å². The van der Waals surface area contributed by atoms with Gasteiger partial charge in [0.1, 0.15) is 5.82 Å². The van der Waals surface area contributed by atoms with Gasteiger partial charge in [-0.3, -0.25) is 9.59 Å². The van der Waals surface area contributed by atoms with Crippen molar-refractivity contribution in [2.24, 2.45) is 12.2 Å². The molecule has 1 atom stereocenters. The van der Waals surface area contributed by atoms with Crippen LogP contribution in [0.1, 0.15) is 34.6 Å². The minimum absolute atomic E-state index is 0.0438. The van der Waals surface area contributed by atoms with Crippen molar-refractivity contribution in [2.75, 3.05) is 0 Å². The zero-order valence-corrected chi connectivity index (χ0v) is 20.7. The number of halogens is 2. The van der Waals surface area contributed by atoms with Gasteiger partial charge in [0.2, 0.25) is 5.56 Å². The van der Waals surface area contributed by atoms with Crippen molar-refractivity contribution in [3.05, 3.63) is 129 Å². The third-order valence-electron chi connectivity index (χ3n) is 6.23. The molecule has 0 spiro atoms. The Hall–Kier alpha value is -4.23. The summed E-state index contributed by atoms with van der Waals surface area (Å²) in [6.07, 6.45) is 1.69. The molecule has 0 saturated carbocycles. The molecule has 37 heavy (non-hydrogen) atoms. The summed E-state index contributed by atoms with van der Waals surface area (Å²) in [6.45, 7) is 0. The molecule has 0 radical (unpaired) electrons. The minimum Gasteiger partial charge on any atom is -0.481 e. The number of hydrogen-bond donors (Lipinski definition) is 2. The molecule has 0 amide bonds. The van der Waals surface area contributed by atoms with Crippen LogP contribution in [-0.2, 0) is 18.3 Å². The first-order chi connectivity index (χ1) is 17.7. The van der Waals surface area contributed by atoms with Crippen molar-refractivity contribution in [1.29, 1.82) is 0 Å². The van der Waals surface area contributed by atoms with Crippen LogP contribution in [0.4, 0.5) is 4.39 Å². The lowest BCUT2D eigenvalue weighted by atomic mass is 9.84. The van der Waals surface area contributed by atoms with Gasteiger partial charge in [-0.15, -0.1) is 0 Å². The Morgan fingerprint density at radius 1 is 1.00 bits per heavy atom. The molecule has 8 heteroatoms. The highest BCUT2D eigenvalue weighted by Gasteiger charge is 2.22. The lowest BCUT2D eigenvalue weighted by Gasteiger charge is -2.20. The largest absolute Gasteiger partial charge is 0.481 e. The van der Waals surface area contributed by atoms with Crippen LogP contribution >= 0.6 is 11.6 Å². The summed E-state index contributed by atoms with van der Waals surface area (Å²) in [7, 11) is 1.60. The van der Waals surface area contributed by atoms with Gasteiger partial charge in [-0.1, -0.05) is 71.4 Å². The van der Waals surface area contributed by atoms with Crippen LogP contribution in [0.5, 0.6) is 0 Å². The lowest BCUT2D eigenvalue weighted by Crippen LogP contribution is -2.18. The first kappa shape index (κ1) is 25.9. The number of hydrogen-bond acceptors (Lipinski definition) is 4. The number of aryl methyl sites for hydroxylation is 1. The number of carbonyl (C=O) groups is 1. The lowest BCUT2D eigenvalue weighted by molar-refractivity contribution is -0.136. The monoisotopic (exact) mass is 518 g/mol. The molecule has 6 nitrogen and oxygen atoms in total. The average Bonchev–Trinajstić information content (AvgIpc) is 2.87. The summed E-state index contributed by atoms with van der Waals surface area (Å²) in [5.41, 5.74) is 4.36. The number of carboxylic acids is 1. The summed E-state index contributed by atoms with van der Waals surface area (Å²) < 4.78 is 16.4. The summed E-state index contributed by atoms with van der Waals surface area (Å²) >= 11 is 5.99. The summed E-state index contributed by atoms with van der Waals surface area (Å²) in [5, 5.41) is 22.5. The number of carboxylic acid groups (broad SMARTS) is 1. The minimum atomic E-state index is -0.888. The fraction of sp³-hybridized carbons (Fsp3) is 0.138. The fourth-order valence-electron chi connectivity index (χ4n) is 4.26. The molecule has 1 unspecified atom stereocenters. The van der Waals surface area contributed by atoms with Crippen molar-refractivity contribution >= 4 is 23.3 Å². The molecule has 3 aromatic carbocycles. The van der Waals surface area contributed by atoms with Crippen LogP contribution in [0.25, 0.3) is 11.1 Å². The maximum Gasteiger partial charge on any atom is 0.307 e. The van der Waals surface area contributed by atoms with Gasteiger partial charge in [-0.25, -0.2) is 4.39 Å². The summed E-state index contributed by atoms with van der Waals surface area (Å²) in [6, 6.07) is 22.3. The van der Waals surface area contributed by atoms with E-state index in [1.807, 2.05) is 36.4 Å². The zero-order valence-electron chi connectivity index (χ0n) is 19.9. The van der Waals surface area contributed by atoms with Gasteiger partial charge in [-0.2, -0.15) is 0 Å². The summed E-state index contributed by atoms with van der Waals surface area (Å²) in [5.74, 6) is -1.87. The maximum absolute atomic E-state index is 15.1. The Labute approximate surface area is 217 Å². The number of aromatic nitrogens is 1. The normalized spacial score (nSPS) is 12.4. The Balaban J connectivity index is 1.69. The smallest absolute Gasteiger partial charge is 0.307 e. The van der Waals surface area contributed by atoms with E-state index in [-0.39, 0.29) is 23.4 Å². The topological polar surface area (TPSA) is 91.9 Å². The van der Waals surface area contributed by atoms with E-state index < -0.39 is 17.7 Å². The Morgan fingerprint density at radius 3 is 2.22 bits per heavy atom. The number of nitrogens with zero attached hydrogens (tertiary/aromatic N) is 2. The second-order valence-corrected chi connectivity index (χ2v) is 9.16. The molecule has 0 aliphatic heterocycles. The second kappa shape index (κ2) is 11.2. The molecule has 1 heterocycles. The third kappa shape index (κ3) is 6.13. The zero-order chi connectivity index (χ0) is 26.5. The van der Waals surface area contributed by atoms with Crippen LogP contribution < -0.4 is 5.56 Å². The molecule has 4 rings (SSSR count). The second-order valence-electron chi connectivity index (χ2n) is 8.73. The first-order valence-electron chi connectivity index (χ1n) is 11.5. The Morgan fingerprint density at radius 2 is 1.65 bits per heavy atom. The molecule has 188 valence electrons. The molecule has 0 fully saturated rings. The van der Waals surface area contributed by atoms with Gasteiger partial charge < -0.3 is 14.9 Å². The molecular weight excluding hydrogens is 495 g/mol. The highest BCUT2D eigenvalue weighted by Crippen LogP contribution is 2.34. The molecule has 0 saturated heterocycles. The predicted octanol–water partition coefficient (Wildman–Crippen LogP) is 5.87. The van der Waals surface area contributed by atoms with E-state index in [0.717, 1.165) is 16.7 Å². The van der Waals surface area contributed by atoms with Crippen molar-refractivity contribution in [1.82, 2.24) is 4.57 Å². The third-order valence-corrected chi connectivity index (χ3v) is 6.47. The van der Waals surface area contributed by atoms with Crippen molar-refractivity contribution in [2.45, 2.75) is 18.8 Å². The van der Waals surface area contributed by atoms with E-state index in [0.29, 0.717) is 22.4 Å². The van der Waals surface area contributed by atoms with Gasteiger partial charge >= 0.3 is 5.97 Å². The molecule has 0 aliphatic rings. The van der Waals surface area contributed by atoms with E-state index in [4.69, 9.17) is 16.7 Å². The Kier molecular flexibility index (Phi) is 7.84. The Bertz CT molecular complexity index is 1510. The SMILES string of the molecule is Cn1cc(/C(CC(c2ccc(-c3ccc(CC(=O)O)cc3)cc2)c2ccc(Cl)cc2F)=N\O)ccc1=O. The van der Waals surface area contributed by atoms with Gasteiger partial charge in [0.05, 0.1) is 12.1 Å². The number of rotatable bonds is 8. The van der Waals surface area contributed by atoms with E-state index in [1.165, 1.54) is 16.7 Å². The van der Waals surface area contributed by atoms with Crippen molar-refractivity contribution in [3.8, 4) is 11.1 Å². The van der Waals surface area contributed by atoms with Crippen molar-refractivity contribution < 1.29 is 19.5 Å². The van der Waals surface area contributed by atoms with Crippen LogP contribution in [0, 0.1) is 5.82 Å². The standard InChI is InChI=1S/C29H24ClFN2O4/c1-33-17-22(10-13-28(33)34)27(32-37)16-25(24-12-11-23(30)15-26(24)31)21-8-6-20(7-9-21)19-4-2-18(3-5-19)14-29(35)36/h2-13,15,17,25,37H,14,16H2,1H3,(H,35,36)/b32-27-. The molecule has 2 N–H and O–H groups in total. The van der Waals surface area contributed by atoms with E-state index in [2.05, 4.69) is 5.16 Å². The fourth-order valence-corrected chi connectivity index (χ4v) is 4.42. The van der Waals surface area contributed by atoms with Crippen LogP contribution in [0.15, 0.2) is 95.0 Å². The highest BCUT2D eigenvalue weighted by molar-refractivity contribution is 6.30. The molecule has 1 aromatic heterocycles. The van der Waals surface area contributed by atoms with Gasteiger partial charge in [0.15, 0.2) is 0 Å². The quantitative estimate of drug-likeness (QED) is 0.173. The van der Waals surface area contributed by atoms with Crippen molar-refractivity contribution in [3.63, 3.8) is 0 Å². The molecular formula is C29H24ClFN2O4. The van der Waals surface area contributed by atoms with E-state index in [1.54, 1.807) is 43.6 Å². The first-order valence-corrected chi connectivity index (χ1v) is 11.9. The van der Waals surface area contributed by atoms with Crippen LogP contribution in [0.3, 0.4) is 0 Å². The number of pyridine rings is 1. The van der Waals surface area contributed by atoms with Gasteiger partial charge in [-0.05, 0) is 46.0 Å². The number of benzene rings is 3. The number of oxime groups is 1. The maximum atomic E-state index is 15.1. The van der Waals surface area contributed by atoms with Gasteiger partial charge in [0, 0.05) is 42.2 Å². The molecule has 0 aliphatic carbocycles. The summed E-state index contributed by atoms with van der Waals surface area (Å²) in [4.78, 5) is 22.7. The number of aliphatic carboxylic acids is 1. The van der Waals surface area contributed by atoms with E-state index >= 15 is 4.39 Å². The van der Waals surface area contributed by atoms with E-state index in [9.17, 15) is 14.8 Å². The van der Waals surface area contributed by atoms with Crippen LogP contribution in [-0.4, -0.2) is 26.6 Å². The predicted molar refractivity (Wildman–Crippen MR) is 141 cm³/mol. The highest BCUT2D eigenvalue weighted by atomic mass is 35.5. The molecule has 4 aromatic rings. The molecule has 0 bridgehead atoms.